The van der Waals surface area contributed by atoms with Crippen LogP contribution in [0.2, 0.25) is 5.02 Å². The highest BCUT2D eigenvalue weighted by atomic mass is 35.5. The van der Waals surface area contributed by atoms with Crippen LogP contribution in [0.4, 0.5) is 0 Å². The number of fused-ring (bicyclic) bond motifs is 1. The number of thiazole rings is 1. The molecule has 1 aromatic carbocycles. The highest BCUT2D eigenvalue weighted by Gasteiger charge is 2.09. The lowest BCUT2D eigenvalue weighted by Gasteiger charge is -1.98. The van der Waals surface area contributed by atoms with Crippen LogP contribution >= 0.6 is 34.7 Å². The van der Waals surface area contributed by atoms with Gasteiger partial charge in [-0.1, -0.05) is 41.6 Å². The molecule has 0 spiro atoms. The summed E-state index contributed by atoms with van der Waals surface area (Å²) in [6, 6.07) is 13.6. The first-order chi connectivity index (χ1) is 11.3. The zero-order valence-corrected chi connectivity index (χ0v) is 14.3. The van der Waals surface area contributed by atoms with E-state index in [0.29, 0.717) is 0 Å². The first-order valence-electron chi connectivity index (χ1n) is 6.92. The molecule has 0 aliphatic rings. The van der Waals surface area contributed by atoms with Gasteiger partial charge in [0.2, 0.25) is 0 Å². The summed E-state index contributed by atoms with van der Waals surface area (Å²) in [6.45, 7) is 0. The van der Waals surface area contributed by atoms with E-state index in [-0.39, 0.29) is 0 Å². The van der Waals surface area contributed by atoms with E-state index in [2.05, 4.69) is 20.6 Å². The summed E-state index contributed by atoms with van der Waals surface area (Å²) in [5, 5.41) is 13.1. The molecule has 114 valence electrons. The molecule has 23 heavy (non-hydrogen) atoms. The number of rotatable bonds is 4. The van der Waals surface area contributed by atoms with Crippen molar-refractivity contribution in [1.29, 1.82) is 0 Å². The van der Waals surface area contributed by atoms with Crippen LogP contribution in [0.15, 0.2) is 59.2 Å². The Bertz CT molecular complexity index is 946. The lowest BCUT2D eigenvalue weighted by atomic mass is 10.2. The van der Waals surface area contributed by atoms with Crippen molar-refractivity contribution < 1.29 is 0 Å². The molecule has 0 fully saturated rings. The zero-order valence-electron chi connectivity index (χ0n) is 11.9. The van der Waals surface area contributed by atoms with Gasteiger partial charge in [0.25, 0.3) is 0 Å². The van der Waals surface area contributed by atoms with Gasteiger partial charge in [-0.25, -0.2) is 4.98 Å². The number of pyridine rings is 1. The molecule has 0 bridgehead atoms. The lowest BCUT2D eigenvalue weighted by Crippen LogP contribution is -1.88. The van der Waals surface area contributed by atoms with E-state index >= 15 is 0 Å². The molecule has 0 aliphatic carbocycles. The largest absolute Gasteiger partial charge is 0.277 e. The van der Waals surface area contributed by atoms with Crippen molar-refractivity contribution in [3.8, 4) is 10.6 Å². The summed E-state index contributed by atoms with van der Waals surface area (Å²) >= 11 is 9.20. The molecular weight excluding hydrogens is 348 g/mol. The highest BCUT2D eigenvalue weighted by Crippen LogP contribution is 2.28. The minimum absolute atomic E-state index is 0.736. The van der Waals surface area contributed by atoms with Crippen LogP contribution in [0, 0.1) is 0 Å². The normalized spacial score (nSPS) is 11.2. The van der Waals surface area contributed by atoms with Gasteiger partial charge in [0.05, 0.1) is 5.69 Å². The van der Waals surface area contributed by atoms with Crippen molar-refractivity contribution in [2.24, 2.45) is 0 Å². The van der Waals surface area contributed by atoms with Gasteiger partial charge >= 0.3 is 0 Å². The SMILES string of the molecule is Clc1ccc(-c2nc(CSc3nnc4ccccn34)cs2)cc1. The van der Waals surface area contributed by atoms with Crippen LogP contribution in [-0.4, -0.2) is 19.6 Å². The number of nitrogens with zero attached hydrogens (tertiary/aromatic N) is 4. The second kappa shape index (κ2) is 6.31. The molecule has 7 heteroatoms. The number of hydrogen-bond acceptors (Lipinski definition) is 5. The van der Waals surface area contributed by atoms with Crippen molar-refractivity contribution in [3.63, 3.8) is 0 Å². The summed E-state index contributed by atoms with van der Waals surface area (Å²) in [5.74, 6) is 0.764. The quantitative estimate of drug-likeness (QED) is 0.491. The Balaban J connectivity index is 1.51. The molecule has 0 radical (unpaired) electrons. The maximum Gasteiger partial charge on any atom is 0.195 e. The van der Waals surface area contributed by atoms with Crippen LogP contribution in [-0.2, 0) is 5.75 Å². The van der Waals surface area contributed by atoms with Gasteiger partial charge < -0.3 is 0 Å². The molecule has 0 saturated heterocycles. The molecule has 0 N–H and O–H groups in total. The maximum atomic E-state index is 5.92. The van der Waals surface area contributed by atoms with Gasteiger partial charge in [0.1, 0.15) is 5.01 Å². The molecule has 4 rings (SSSR count). The molecule has 0 atom stereocenters. The Labute approximate surface area is 146 Å². The Morgan fingerprint density at radius 2 is 1.96 bits per heavy atom. The van der Waals surface area contributed by atoms with Crippen molar-refractivity contribution in [1.82, 2.24) is 19.6 Å². The Morgan fingerprint density at radius 1 is 1.09 bits per heavy atom. The van der Waals surface area contributed by atoms with E-state index in [9.17, 15) is 0 Å². The van der Waals surface area contributed by atoms with Crippen molar-refractivity contribution in [2.75, 3.05) is 0 Å². The van der Waals surface area contributed by atoms with Gasteiger partial charge in [0, 0.05) is 27.9 Å². The third kappa shape index (κ3) is 3.10. The number of aromatic nitrogens is 4. The van der Waals surface area contributed by atoms with Crippen molar-refractivity contribution >= 4 is 40.3 Å². The average Bonchev–Trinajstić information content (AvgIpc) is 3.20. The lowest BCUT2D eigenvalue weighted by molar-refractivity contribution is 0.920. The van der Waals surface area contributed by atoms with Crippen molar-refractivity contribution in [2.45, 2.75) is 10.9 Å². The second-order valence-corrected chi connectivity index (χ2v) is 7.09. The number of hydrogen-bond donors (Lipinski definition) is 0. The topological polar surface area (TPSA) is 43.1 Å². The maximum absolute atomic E-state index is 5.92. The summed E-state index contributed by atoms with van der Waals surface area (Å²) in [4.78, 5) is 4.69. The van der Waals surface area contributed by atoms with Crippen LogP contribution in [0.1, 0.15) is 5.69 Å². The molecule has 4 nitrogen and oxygen atoms in total. The monoisotopic (exact) mass is 358 g/mol. The first kappa shape index (κ1) is 14.7. The smallest absolute Gasteiger partial charge is 0.195 e. The second-order valence-electron chi connectivity index (χ2n) is 4.85. The van der Waals surface area contributed by atoms with Crippen LogP contribution in [0.3, 0.4) is 0 Å². The van der Waals surface area contributed by atoms with Crippen LogP contribution < -0.4 is 0 Å². The van der Waals surface area contributed by atoms with E-state index in [1.165, 1.54) is 0 Å². The summed E-state index contributed by atoms with van der Waals surface area (Å²) < 4.78 is 1.98. The molecule has 3 aromatic heterocycles. The Hall–Kier alpha value is -1.89. The van der Waals surface area contributed by atoms with Gasteiger partial charge in [-0.2, -0.15) is 0 Å². The van der Waals surface area contributed by atoms with E-state index in [1.807, 2.05) is 53.1 Å². The Kier molecular flexibility index (Phi) is 4.03. The standard InChI is InChI=1S/C16H11ClN4S2/c17-12-6-4-11(5-7-12)15-18-13(9-22-15)10-23-16-20-19-14-3-1-2-8-21(14)16/h1-9H,10H2. The van der Waals surface area contributed by atoms with Crippen molar-refractivity contribution in [3.05, 3.63) is 64.8 Å². The van der Waals surface area contributed by atoms with Gasteiger partial charge in [-0.3, -0.25) is 4.40 Å². The fraction of sp³-hybridized carbons (Fsp3) is 0.0625. The number of thioether (sulfide) groups is 1. The Morgan fingerprint density at radius 3 is 2.83 bits per heavy atom. The van der Waals surface area contributed by atoms with E-state index in [0.717, 1.165) is 37.8 Å². The minimum Gasteiger partial charge on any atom is -0.277 e. The summed E-state index contributed by atoms with van der Waals surface area (Å²) in [7, 11) is 0. The summed E-state index contributed by atoms with van der Waals surface area (Å²) in [5.41, 5.74) is 2.98. The fourth-order valence-electron chi connectivity index (χ4n) is 2.15. The molecule has 4 aromatic rings. The predicted octanol–water partition coefficient (Wildman–Crippen LogP) is 4.80. The van der Waals surface area contributed by atoms with Gasteiger partial charge in [-0.15, -0.1) is 21.5 Å². The minimum atomic E-state index is 0.736. The molecule has 3 heterocycles. The highest BCUT2D eigenvalue weighted by molar-refractivity contribution is 7.98. The van der Waals surface area contributed by atoms with Gasteiger partial charge in [-0.05, 0) is 24.3 Å². The molecule has 0 saturated carbocycles. The molecule has 0 unspecified atom stereocenters. The van der Waals surface area contributed by atoms with E-state index < -0.39 is 0 Å². The number of halogens is 1. The molecule has 0 aliphatic heterocycles. The first-order valence-corrected chi connectivity index (χ1v) is 9.17. The van der Waals surface area contributed by atoms with Gasteiger partial charge in [0.15, 0.2) is 10.8 Å². The third-order valence-corrected chi connectivity index (χ3v) is 5.44. The van der Waals surface area contributed by atoms with Crippen LogP contribution in [0.25, 0.3) is 16.2 Å². The molecule has 0 amide bonds. The number of benzene rings is 1. The fourth-order valence-corrected chi connectivity index (χ4v) is 4.03. The summed E-state index contributed by atoms with van der Waals surface area (Å²) in [6.07, 6.45) is 1.97. The molecular formula is C16H11ClN4S2. The van der Waals surface area contributed by atoms with E-state index in [4.69, 9.17) is 11.6 Å². The zero-order chi connectivity index (χ0) is 15.6. The average molecular weight is 359 g/mol. The van der Waals surface area contributed by atoms with Crippen LogP contribution in [0.5, 0.6) is 0 Å². The predicted molar refractivity (Wildman–Crippen MR) is 95.1 cm³/mol. The third-order valence-electron chi connectivity index (χ3n) is 3.27. The van der Waals surface area contributed by atoms with E-state index in [1.54, 1.807) is 23.1 Å².